The van der Waals surface area contributed by atoms with Gasteiger partial charge in [-0.25, -0.2) is 34.3 Å². The minimum Gasteiger partial charge on any atom is -0.494 e. The molecular weight excluding hydrogens is 1130 g/mol. The topological polar surface area (TPSA) is 234 Å². The Hall–Kier alpha value is -9.52. The van der Waals surface area contributed by atoms with Crippen LogP contribution < -0.4 is 20.1 Å². The largest absolute Gasteiger partial charge is 0.494 e. The number of ether oxygens (including phenoxy) is 5. The van der Waals surface area contributed by atoms with Gasteiger partial charge in [-0.1, -0.05) is 155 Å². The van der Waals surface area contributed by atoms with Gasteiger partial charge in [0.2, 0.25) is 0 Å². The number of aliphatic hydroxyl groups excluding tert-OH is 1. The molecule has 0 bridgehead atoms. The van der Waals surface area contributed by atoms with Gasteiger partial charge in [0, 0.05) is 66.6 Å². The first-order valence-electron chi connectivity index (χ1n) is 30.3. The van der Waals surface area contributed by atoms with Gasteiger partial charge in [-0.05, 0) is 107 Å². The molecule has 18 nitrogen and oxygen atoms in total. The number of alkyl carbamates (subject to hydrolysis) is 2. The Morgan fingerprint density at radius 2 is 0.899 bits per heavy atom. The third kappa shape index (κ3) is 19.5. The summed E-state index contributed by atoms with van der Waals surface area (Å²) in [5.41, 5.74) is 8.85. The number of carbonyl (C=O) groups excluding carboxylic acids is 3. The number of benzene rings is 6. The van der Waals surface area contributed by atoms with E-state index in [1.165, 1.54) is 0 Å². The van der Waals surface area contributed by atoms with Crippen LogP contribution in [0.2, 0.25) is 0 Å². The van der Waals surface area contributed by atoms with E-state index in [-0.39, 0.29) is 45.8 Å². The lowest BCUT2D eigenvalue weighted by Crippen LogP contribution is -2.61. The summed E-state index contributed by atoms with van der Waals surface area (Å²) in [6.45, 7) is 10.5. The van der Waals surface area contributed by atoms with Crippen LogP contribution in [0.4, 0.5) is 9.59 Å². The Labute approximate surface area is 519 Å². The SMILES string of the molecule is CC(C)CCCOc1ccc(-c2cnc(-c3ccc(C[C@H](NC(=O)OCc4ccc(COC(=O)C5CN(C(O)[C@H](Cc6ccc(-c7ncc(-c8ccc(OCCCC(C)C)cc8)cn7)cc6)NC(=O)OCc6ccccc6)C5)cc4)C(=O)O)cc3)nc2)cc1. The second-order valence-corrected chi connectivity index (χ2v) is 23.1. The van der Waals surface area contributed by atoms with E-state index in [1.54, 1.807) is 66.1 Å². The third-order valence-electron chi connectivity index (χ3n) is 15.2. The van der Waals surface area contributed by atoms with E-state index in [0.717, 1.165) is 81.7 Å². The molecule has 1 unspecified atom stereocenters. The molecule has 0 radical (unpaired) electrons. The molecule has 0 aliphatic carbocycles. The second kappa shape index (κ2) is 31.9. The van der Waals surface area contributed by atoms with Crippen LogP contribution >= 0.6 is 0 Å². The summed E-state index contributed by atoms with van der Waals surface area (Å²) in [4.78, 5) is 71.6. The fraction of sp³-hybridized carbons (Fsp3) is 0.324. The van der Waals surface area contributed by atoms with E-state index in [4.69, 9.17) is 23.7 Å². The van der Waals surface area contributed by atoms with Gasteiger partial charge in [0.05, 0.1) is 25.2 Å². The van der Waals surface area contributed by atoms with Crippen LogP contribution in [0, 0.1) is 17.8 Å². The second-order valence-electron chi connectivity index (χ2n) is 23.1. The van der Waals surface area contributed by atoms with E-state index in [0.29, 0.717) is 53.4 Å². The molecule has 18 heteroatoms. The average molecular weight is 1200 g/mol. The van der Waals surface area contributed by atoms with Crippen molar-refractivity contribution in [2.45, 2.75) is 104 Å². The van der Waals surface area contributed by atoms with Crippen molar-refractivity contribution in [3.63, 3.8) is 0 Å². The summed E-state index contributed by atoms with van der Waals surface area (Å²) < 4.78 is 28.4. The van der Waals surface area contributed by atoms with Gasteiger partial charge >= 0.3 is 24.1 Å². The summed E-state index contributed by atoms with van der Waals surface area (Å²) in [6, 6.07) is 44.7. The lowest BCUT2D eigenvalue weighted by Gasteiger charge is -2.43. The van der Waals surface area contributed by atoms with Crippen molar-refractivity contribution >= 4 is 24.1 Å². The predicted molar refractivity (Wildman–Crippen MR) is 338 cm³/mol. The number of aliphatic hydroxyl groups is 1. The van der Waals surface area contributed by atoms with Crippen molar-refractivity contribution in [3.8, 4) is 56.5 Å². The van der Waals surface area contributed by atoms with Gasteiger partial charge in [0.25, 0.3) is 0 Å². The molecule has 2 amide bonds. The monoisotopic (exact) mass is 1200 g/mol. The molecule has 1 aliphatic rings. The van der Waals surface area contributed by atoms with E-state index >= 15 is 0 Å². The van der Waals surface area contributed by atoms with Crippen molar-refractivity contribution < 1.29 is 53.1 Å². The van der Waals surface area contributed by atoms with Crippen LogP contribution in [0.5, 0.6) is 11.5 Å². The first-order chi connectivity index (χ1) is 43.2. The van der Waals surface area contributed by atoms with Gasteiger partial charge in [0.15, 0.2) is 11.6 Å². The van der Waals surface area contributed by atoms with Crippen LogP contribution in [0.3, 0.4) is 0 Å². The maximum Gasteiger partial charge on any atom is 0.408 e. The number of hydrogen-bond donors (Lipinski definition) is 4. The Balaban J connectivity index is 0.705. The van der Waals surface area contributed by atoms with E-state index < -0.39 is 48.4 Å². The number of carboxylic acids is 1. The molecule has 8 aromatic rings. The quantitative estimate of drug-likeness (QED) is 0.0186. The number of likely N-dealkylation sites (tertiary alicyclic amines) is 1. The number of nitrogens with one attached hydrogen (secondary N) is 2. The summed E-state index contributed by atoms with van der Waals surface area (Å²) in [5, 5.41) is 27.0. The minimum absolute atomic E-state index is 0.00925. The highest BCUT2D eigenvalue weighted by molar-refractivity contribution is 5.80. The first-order valence-corrected chi connectivity index (χ1v) is 30.3. The Kier molecular flexibility index (Phi) is 22.9. The number of hydrogen-bond acceptors (Lipinski definition) is 15. The molecule has 1 saturated heterocycles. The standard InChI is InChI=1S/C71H77N7O11/c1-47(2)10-8-34-85-61-30-26-54(27-31-61)58-38-72-65(73-39-58)56-22-18-49(19-23-56)36-63(76-70(83)88-45-51-12-6-5-7-13-51)67(79)78-42-60(43-78)69(82)87-44-52-14-16-53(17-15-52)46-89-71(84)77-64(68(80)81)37-50-20-24-57(25-21-50)66-74-40-59(41-75-66)55-28-32-62(33-29-55)86-35-9-11-48(3)4/h5-7,12-33,38-41,47-48,60,63-64,67,79H,8-11,34-37,42-46H2,1-4H3,(H,76,83)(H,77,84)(H,80,81)/t63-,64-,67?/m0/s1. The minimum atomic E-state index is -1.26. The summed E-state index contributed by atoms with van der Waals surface area (Å²) in [6.07, 6.45) is 8.86. The fourth-order valence-corrected chi connectivity index (χ4v) is 9.99. The molecule has 3 heterocycles. The zero-order valence-corrected chi connectivity index (χ0v) is 50.7. The van der Waals surface area contributed by atoms with Gasteiger partial charge < -0.3 is 44.5 Å². The Bertz CT molecular complexity index is 3510. The van der Waals surface area contributed by atoms with Crippen LogP contribution in [-0.2, 0) is 56.5 Å². The highest BCUT2D eigenvalue weighted by Gasteiger charge is 2.40. The van der Waals surface area contributed by atoms with Crippen molar-refractivity contribution in [3.05, 3.63) is 204 Å². The maximum atomic E-state index is 13.2. The molecule has 9 rings (SSSR count). The number of esters is 1. The average Bonchev–Trinajstić information content (AvgIpc) is 1.91. The number of carbonyl (C=O) groups is 4. The molecule has 1 aliphatic heterocycles. The van der Waals surface area contributed by atoms with E-state index in [2.05, 4.69) is 58.3 Å². The smallest absolute Gasteiger partial charge is 0.408 e. The molecule has 0 saturated carbocycles. The maximum absolute atomic E-state index is 13.2. The number of rotatable bonds is 30. The number of amides is 2. The van der Waals surface area contributed by atoms with E-state index in [9.17, 15) is 29.4 Å². The lowest BCUT2D eigenvalue weighted by molar-refractivity contribution is -0.163. The Morgan fingerprint density at radius 1 is 0.494 bits per heavy atom. The first kappa shape index (κ1) is 64.0. The third-order valence-corrected chi connectivity index (χ3v) is 15.2. The molecule has 462 valence electrons. The molecule has 3 atom stereocenters. The van der Waals surface area contributed by atoms with Crippen molar-refractivity contribution in [2.24, 2.45) is 17.8 Å². The molecular formula is C71H77N7O11. The van der Waals surface area contributed by atoms with Gasteiger partial charge in [-0.3, -0.25) is 9.69 Å². The highest BCUT2D eigenvalue weighted by Crippen LogP contribution is 2.28. The normalized spacial score (nSPS) is 13.4. The van der Waals surface area contributed by atoms with Crippen molar-refractivity contribution in [1.82, 2.24) is 35.5 Å². The molecule has 2 aromatic heterocycles. The Morgan fingerprint density at radius 3 is 1.35 bits per heavy atom. The summed E-state index contributed by atoms with van der Waals surface area (Å²) in [7, 11) is 0. The zero-order valence-electron chi connectivity index (χ0n) is 50.7. The number of aromatic nitrogens is 4. The predicted octanol–water partition coefficient (Wildman–Crippen LogP) is 12.3. The zero-order chi connectivity index (χ0) is 62.5. The summed E-state index contributed by atoms with van der Waals surface area (Å²) in [5.74, 6) is 1.82. The molecule has 4 N–H and O–H groups in total. The number of carboxylic acid groups (broad SMARTS) is 1. The summed E-state index contributed by atoms with van der Waals surface area (Å²) >= 11 is 0. The lowest BCUT2D eigenvalue weighted by atomic mass is 9.96. The molecule has 89 heavy (non-hydrogen) atoms. The number of aliphatic carboxylic acids is 1. The van der Waals surface area contributed by atoms with Crippen molar-refractivity contribution in [2.75, 3.05) is 26.3 Å². The van der Waals surface area contributed by atoms with Crippen LogP contribution in [0.15, 0.2) is 176 Å². The number of nitrogens with zero attached hydrogens (tertiary/aromatic N) is 5. The molecule has 1 fully saturated rings. The van der Waals surface area contributed by atoms with Crippen LogP contribution in [-0.4, -0.2) is 104 Å². The van der Waals surface area contributed by atoms with Gasteiger partial charge in [-0.2, -0.15) is 0 Å². The van der Waals surface area contributed by atoms with Gasteiger partial charge in [-0.15, -0.1) is 0 Å². The van der Waals surface area contributed by atoms with E-state index in [1.807, 2.05) is 115 Å². The highest BCUT2D eigenvalue weighted by atomic mass is 16.6. The van der Waals surface area contributed by atoms with Crippen molar-refractivity contribution in [1.29, 1.82) is 0 Å². The van der Waals surface area contributed by atoms with Crippen LogP contribution in [0.1, 0.15) is 81.2 Å². The van der Waals surface area contributed by atoms with Crippen LogP contribution in [0.25, 0.3) is 45.0 Å². The fourth-order valence-electron chi connectivity index (χ4n) is 9.99. The molecule has 6 aromatic carbocycles. The van der Waals surface area contributed by atoms with Gasteiger partial charge in [0.1, 0.15) is 43.6 Å². The molecule has 0 spiro atoms.